The Bertz CT molecular complexity index is 612. The van der Waals surface area contributed by atoms with E-state index in [9.17, 15) is 19.5 Å². The van der Waals surface area contributed by atoms with Gasteiger partial charge in [0, 0.05) is 4.75 Å². The molecule has 112 valence electrons. The molecule has 21 heavy (non-hydrogen) atoms. The van der Waals surface area contributed by atoms with Crippen molar-refractivity contribution >= 4 is 29.5 Å². The predicted octanol–water partition coefficient (Wildman–Crippen LogP) is 0.525. The second-order valence-corrected chi connectivity index (χ2v) is 7.33. The normalized spacial score (nSPS) is 29.7. The van der Waals surface area contributed by atoms with Crippen LogP contribution in [0.4, 0.5) is 0 Å². The third-order valence-electron chi connectivity index (χ3n) is 3.74. The smallest absolute Gasteiger partial charge is 0.327 e. The van der Waals surface area contributed by atoms with Crippen molar-refractivity contribution in [1.82, 2.24) is 10.2 Å². The van der Waals surface area contributed by atoms with E-state index in [2.05, 4.69) is 5.32 Å². The molecular formula is C13H14N2O5S. The van der Waals surface area contributed by atoms with E-state index in [0.29, 0.717) is 5.56 Å². The lowest BCUT2D eigenvalue weighted by molar-refractivity contribution is -0.159. The summed E-state index contributed by atoms with van der Waals surface area (Å²) in [4.78, 5) is 36.8. The Hall–Kier alpha value is -1.96. The molecule has 0 spiro atoms. The second-order valence-electron chi connectivity index (χ2n) is 5.56. The molecule has 2 N–H and O–H groups in total. The zero-order valence-electron chi connectivity index (χ0n) is 11.4. The molecule has 2 aliphatic heterocycles. The molecule has 0 aliphatic carbocycles. The number of furan rings is 1. The van der Waals surface area contributed by atoms with Gasteiger partial charge in [0.2, 0.25) is 5.91 Å². The van der Waals surface area contributed by atoms with Crippen molar-refractivity contribution in [3.63, 3.8) is 0 Å². The van der Waals surface area contributed by atoms with Crippen LogP contribution in [-0.2, 0) is 9.59 Å². The highest BCUT2D eigenvalue weighted by Gasteiger charge is 2.64. The monoisotopic (exact) mass is 310 g/mol. The molecule has 1 aromatic heterocycles. The van der Waals surface area contributed by atoms with E-state index in [0.717, 1.165) is 0 Å². The molecule has 1 aromatic rings. The summed E-state index contributed by atoms with van der Waals surface area (Å²) in [5.74, 6) is -1.79. The highest BCUT2D eigenvalue weighted by Crippen LogP contribution is 2.50. The maximum atomic E-state index is 12.2. The van der Waals surface area contributed by atoms with Gasteiger partial charge in [-0.2, -0.15) is 0 Å². The number of rotatable bonds is 3. The molecule has 2 saturated heterocycles. The first-order chi connectivity index (χ1) is 9.83. The summed E-state index contributed by atoms with van der Waals surface area (Å²) in [6.45, 7) is 3.58. The van der Waals surface area contributed by atoms with Gasteiger partial charge in [-0.25, -0.2) is 4.79 Å². The Morgan fingerprint density at radius 2 is 2.19 bits per heavy atom. The fourth-order valence-electron chi connectivity index (χ4n) is 2.76. The number of aliphatic carboxylic acids is 1. The van der Waals surface area contributed by atoms with Crippen molar-refractivity contribution in [2.75, 3.05) is 0 Å². The number of nitrogens with zero attached hydrogens (tertiary/aromatic N) is 1. The Balaban J connectivity index is 1.76. The van der Waals surface area contributed by atoms with E-state index in [1.807, 2.05) is 0 Å². The number of carboxylic acid groups (broad SMARTS) is 1. The molecule has 2 amide bonds. The van der Waals surface area contributed by atoms with Gasteiger partial charge >= 0.3 is 5.97 Å². The molecule has 2 fully saturated rings. The van der Waals surface area contributed by atoms with E-state index < -0.39 is 28.7 Å². The van der Waals surface area contributed by atoms with Crippen LogP contribution in [0.3, 0.4) is 0 Å². The molecule has 0 unspecified atom stereocenters. The maximum Gasteiger partial charge on any atom is 0.327 e. The van der Waals surface area contributed by atoms with Gasteiger partial charge < -0.3 is 19.7 Å². The summed E-state index contributed by atoms with van der Waals surface area (Å²) in [6, 6.07) is -0.0646. The minimum atomic E-state index is -1.03. The Labute approximate surface area is 124 Å². The third kappa shape index (κ3) is 2.01. The lowest BCUT2D eigenvalue weighted by Gasteiger charge is -2.43. The van der Waals surface area contributed by atoms with Gasteiger partial charge in [0.1, 0.15) is 23.7 Å². The predicted molar refractivity (Wildman–Crippen MR) is 73.7 cm³/mol. The van der Waals surface area contributed by atoms with Crippen LogP contribution >= 0.6 is 11.8 Å². The van der Waals surface area contributed by atoms with Crippen LogP contribution in [0, 0.1) is 0 Å². The van der Waals surface area contributed by atoms with E-state index in [-0.39, 0.29) is 11.3 Å². The van der Waals surface area contributed by atoms with Crippen LogP contribution < -0.4 is 5.32 Å². The zero-order chi connectivity index (χ0) is 15.4. The molecule has 8 heteroatoms. The minimum absolute atomic E-state index is 0.332. The number of nitrogens with one attached hydrogen (secondary N) is 1. The summed E-state index contributed by atoms with van der Waals surface area (Å²) in [5, 5.41) is 11.6. The summed E-state index contributed by atoms with van der Waals surface area (Å²) in [5.41, 5.74) is 0.332. The van der Waals surface area contributed by atoms with Crippen molar-refractivity contribution in [3.8, 4) is 0 Å². The number of amides is 2. The Morgan fingerprint density at radius 3 is 2.76 bits per heavy atom. The quantitative estimate of drug-likeness (QED) is 0.790. The standard InChI is InChI=1S/C13H14N2O5S/c1-13(2)8(12(18)19)15-10(17)7(11(15)21-13)14-9(16)6-3-4-20-5-6/h3-5,7-8,11H,1-2H3,(H,14,16)(H,18,19)/t7-,8+,11-/m1/s1. The average Bonchev–Trinajstić information content (AvgIpc) is 3.00. The van der Waals surface area contributed by atoms with Gasteiger partial charge in [-0.05, 0) is 19.9 Å². The van der Waals surface area contributed by atoms with Crippen molar-refractivity contribution in [1.29, 1.82) is 0 Å². The molecule has 0 radical (unpaired) electrons. The van der Waals surface area contributed by atoms with Gasteiger partial charge in [0.05, 0.1) is 11.8 Å². The zero-order valence-corrected chi connectivity index (χ0v) is 12.2. The summed E-state index contributed by atoms with van der Waals surface area (Å²) >= 11 is 1.39. The fourth-order valence-corrected chi connectivity index (χ4v) is 4.39. The number of hydrogen-bond donors (Lipinski definition) is 2. The largest absolute Gasteiger partial charge is 0.480 e. The lowest BCUT2D eigenvalue weighted by atomic mass is 9.96. The number of β-lactam (4-membered cyclic amide) rings is 1. The van der Waals surface area contributed by atoms with Gasteiger partial charge in [0.15, 0.2) is 0 Å². The molecule has 0 bridgehead atoms. The summed E-state index contributed by atoms with van der Waals surface area (Å²) < 4.78 is 4.23. The van der Waals surface area contributed by atoms with E-state index in [1.165, 1.54) is 35.3 Å². The summed E-state index contributed by atoms with van der Waals surface area (Å²) in [6.07, 6.45) is 2.67. The van der Waals surface area contributed by atoms with Gasteiger partial charge in [-0.15, -0.1) is 11.8 Å². The van der Waals surface area contributed by atoms with Gasteiger partial charge in [-0.3, -0.25) is 9.59 Å². The van der Waals surface area contributed by atoms with E-state index in [4.69, 9.17) is 4.42 Å². The van der Waals surface area contributed by atoms with Crippen molar-refractivity contribution < 1.29 is 23.9 Å². The third-order valence-corrected chi connectivity index (χ3v) is 5.32. The van der Waals surface area contributed by atoms with Crippen LogP contribution in [0.2, 0.25) is 0 Å². The van der Waals surface area contributed by atoms with Crippen LogP contribution in [0.1, 0.15) is 24.2 Å². The lowest BCUT2D eigenvalue weighted by Crippen LogP contribution is -2.70. The van der Waals surface area contributed by atoms with E-state index >= 15 is 0 Å². The fraction of sp³-hybridized carbons (Fsp3) is 0.462. The van der Waals surface area contributed by atoms with Crippen LogP contribution in [0.15, 0.2) is 23.0 Å². The number of fused-ring (bicyclic) bond motifs is 1. The highest BCUT2D eigenvalue weighted by atomic mass is 32.2. The number of carbonyl (C=O) groups excluding carboxylic acids is 2. The topological polar surface area (TPSA) is 99.9 Å². The number of hydrogen-bond acceptors (Lipinski definition) is 5. The maximum absolute atomic E-state index is 12.2. The molecule has 2 aliphatic rings. The number of thioether (sulfide) groups is 1. The molecular weight excluding hydrogens is 296 g/mol. The first kappa shape index (κ1) is 14.0. The highest BCUT2D eigenvalue weighted by molar-refractivity contribution is 8.01. The molecule has 0 aromatic carbocycles. The van der Waals surface area contributed by atoms with Crippen molar-refractivity contribution in [2.45, 2.75) is 36.1 Å². The number of carbonyl (C=O) groups is 3. The molecule has 7 nitrogen and oxygen atoms in total. The number of carboxylic acids is 1. The first-order valence-corrected chi connectivity index (χ1v) is 7.27. The molecule has 3 rings (SSSR count). The van der Waals surface area contributed by atoms with Crippen LogP contribution in [-0.4, -0.2) is 50.0 Å². The van der Waals surface area contributed by atoms with Crippen molar-refractivity contribution in [3.05, 3.63) is 24.2 Å². The SMILES string of the molecule is CC1(C)S[C@@H]2[C@H](NC(=O)c3ccoc3)C(=O)N2[C@H]1C(=O)O. The Kier molecular flexibility index (Phi) is 3.01. The second kappa shape index (κ2) is 4.52. The molecule has 0 saturated carbocycles. The average molecular weight is 310 g/mol. The minimum Gasteiger partial charge on any atom is -0.480 e. The van der Waals surface area contributed by atoms with Crippen molar-refractivity contribution in [2.24, 2.45) is 0 Å². The molecule has 3 heterocycles. The van der Waals surface area contributed by atoms with Crippen LogP contribution in [0.25, 0.3) is 0 Å². The van der Waals surface area contributed by atoms with Gasteiger partial charge in [0.25, 0.3) is 5.91 Å². The Morgan fingerprint density at radius 1 is 1.48 bits per heavy atom. The van der Waals surface area contributed by atoms with E-state index in [1.54, 1.807) is 13.8 Å². The first-order valence-electron chi connectivity index (χ1n) is 6.39. The van der Waals surface area contributed by atoms with Gasteiger partial charge in [-0.1, -0.05) is 0 Å². The van der Waals surface area contributed by atoms with Crippen LogP contribution in [0.5, 0.6) is 0 Å². The summed E-state index contributed by atoms with van der Waals surface area (Å²) in [7, 11) is 0. The molecule has 3 atom stereocenters.